The van der Waals surface area contributed by atoms with Crippen LogP contribution in [0.3, 0.4) is 0 Å². The molecule has 1 aromatic carbocycles. The van der Waals surface area contributed by atoms with E-state index in [1.165, 1.54) is 4.40 Å². The maximum atomic E-state index is 13.5. The average Bonchev–Trinajstić information content (AvgIpc) is 2.87. The fraction of sp³-hybridized carbons (Fsp3) is 0.308. The lowest BCUT2D eigenvalue weighted by Gasteiger charge is -2.34. The molecule has 0 saturated carbocycles. The van der Waals surface area contributed by atoms with Crippen molar-refractivity contribution in [2.45, 2.75) is 20.4 Å². The number of aryl methyl sites for hydroxylation is 1. The van der Waals surface area contributed by atoms with E-state index in [1.54, 1.807) is 33.9 Å². The number of fused-ring (bicyclic) bond motifs is 2. The molecule has 0 unspecified atom stereocenters. The smallest absolute Gasteiger partial charge is 0.267 e. The van der Waals surface area contributed by atoms with Crippen molar-refractivity contribution in [3.63, 3.8) is 0 Å². The summed E-state index contributed by atoms with van der Waals surface area (Å²) in [4.78, 5) is 35.7. The minimum Gasteiger partial charge on any atom is -0.336 e. The summed E-state index contributed by atoms with van der Waals surface area (Å²) in [5.74, 6) is -0.210. The summed E-state index contributed by atoms with van der Waals surface area (Å²) in [7, 11) is 0. The van der Waals surface area contributed by atoms with Gasteiger partial charge in [0.25, 0.3) is 11.5 Å². The summed E-state index contributed by atoms with van der Waals surface area (Å²) in [5, 5.41) is 9.32. The van der Waals surface area contributed by atoms with Crippen LogP contribution < -0.4 is 11.0 Å². The molecule has 5 rings (SSSR count). The summed E-state index contributed by atoms with van der Waals surface area (Å²) >= 11 is 0. The van der Waals surface area contributed by atoms with Crippen LogP contribution in [0, 0.1) is 12.3 Å². The van der Waals surface area contributed by atoms with Crippen LogP contribution in [0.2, 0.25) is 0 Å². The SMILES string of the molecule is CCN1CCN(C(=O)c2cc3c(=O)n4ccccc4nc3n(Cc3ccc(C)cc3)c2=N)CC1. The number of hydrogen-bond acceptors (Lipinski definition) is 5. The van der Waals surface area contributed by atoms with E-state index in [-0.39, 0.29) is 22.5 Å². The third-order valence-electron chi connectivity index (χ3n) is 6.62. The number of benzene rings is 1. The van der Waals surface area contributed by atoms with Gasteiger partial charge in [-0.15, -0.1) is 0 Å². The van der Waals surface area contributed by atoms with Gasteiger partial charge in [0.1, 0.15) is 16.8 Å². The molecule has 0 radical (unpaired) electrons. The van der Waals surface area contributed by atoms with Gasteiger partial charge in [-0.05, 0) is 37.2 Å². The predicted octanol–water partition coefficient (Wildman–Crippen LogP) is 2.26. The van der Waals surface area contributed by atoms with Gasteiger partial charge in [-0.3, -0.25) is 19.4 Å². The van der Waals surface area contributed by atoms with Gasteiger partial charge in [-0.25, -0.2) is 4.98 Å². The van der Waals surface area contributed by atoms with Crippen molar-refractivity contribution in [2.24, 2.45) is 0 Å². The maximum absolute atomic E-state index is 13.5. The van der Waals surface area contributed by atoms with E-state index in [0.29, 0.717) is 36.3 Å². The molecule has 1 saturated heterocycles. The topological polar surface area (TPSA) is 86.7 Å². The number of likely N-dealkylation sites (N-methyl/N-ethyl adjacent to an activating group) is 1. The van der Waals surface area contributed by atoms with Gasteiger partial charge in [0.05, 0.1) is 17.5 Å². The molecule has 0 spiro atoms. The van der Waals surface area contributed by atoms with Crippen LogP contribution in [0.4, 0.5) is 0 Å². The minimum absolute atomic E-state index is 0.0724. The molecule has 4 aromatic rings. The molecule has 0 bridgehead atoms. The molecule has 0 aliphatic carbocycles. The van der Waals surface area contributed by atoms with E-state index in [0.717, 1.165) is 30.8 Å². The van der Waals surface area contributed by atoms with Crippen LogP contribution in [0.25, 0.3) is 16.7 Å². The molecule has 174 valence electrons. The number of pyridine rings is 2. The molecule has 1 aliphatic heterocycles. The van der Waals surface area contributed by atoms with Crippen LogP contribution in [-0.4, -0.2) is 62.4 Å². The fourth-order valence-corrected chi connectivity index (χ4v) is 4.52. The Morgan fingerprint density at radius 3 is 2.50 bits per heavy atom. The Morgan fingerprint density at radius 2 is 1.79 bits per heavy atom. The van der Waals surface area contributed by atoms with Gasteiger partial charge in [0, 0.05) is 32.4 Å². The van der Waals surface area contributed by atoms with Gasteiger partial charge < -0.3 is 14.4 Å². The standard InChI is InChI=1S/C26H28N6O2/c1-3-29-12-14-30(15-13-29)25(33)20-16-21-24(28-22-6-4-5-11-31(22)26(21)34)32(23(20)27)17-19-9-7-18(2)8-10-19/h4-11,16,27H,3,12-15,17H2,1-2H3. The Morgan fingerprint density at radius 1 is 1.06 bits per heavy atom. The number of aromatic nitrogens is 3. The molecule has 1 N–H and O–H groups in total. The number of carbonyl (C=O) groups excluding carboxylic acids is 1. The second-order valence-electron chi connectivity index (χ2n) is 8.79. The molecule has 0 atom stereocenters. The number of carbonyl (C=O) groups is 1. The molecule has 8 nitrogen and oxygen atoms in total. The Balaban J connectivity index is 1.69. The number of hydrogen-bond donors (Lipinski definition) is 1. The van der Waals surface area contributed by atoms with Gasteiger partial charge >= 0.3 is 0 Å². The van der Waals surface area contributed by atoms with Crippen molar-refractivity contribution in [3.05, 3.63) is 87.3 Å². The largest absolute Gasteiger partial charge is 0.336 e. The first-order chi connectivity index (χ1) is 16.5. The Kier molecular flexibility index (Phi) is 5.75. The quantitative estimate of drug-likeness (QED) is 0.478. The Bertz CT molecular complexity index is 1490. The van der Waals surface area contributed by atoms with E-state index in [1.807, 2.05) is 37.3 Å². The van der Waals surface area contributed by atoms with Crippen LogP contribution in [-0.2, 0) is 6.54 Å². The number of rotatable bonds is 4. The zero-order valence-corrected chi connectivity index (χ0v) is 19.5. The predicted molar refractivity (Wildman–Crippen MR) is 131 cm³/mol. The van der Waals surface area contributed by atoms with E-state index in [2.05, 4.69) is 11.8 Å². The second-order valence-corrected chi connectivity index (χ2v) is 8.79. The highest BCUT2D eigenvalue weighted by Gasteiger charge is 2.25. The molecule has 1 aliphatic rings. The first-order valence-corrected chi connectivity index (χ1v) is 11.6. The number of amides is 1. The highest BCUT2D eigenvalue weighted by molar-refractivity contribution is 5.97. The monoisotopic (exact) mass is 456 g/mol. The van der Waals surface area contributed by atoms with E-state index in [9.17, 15) is 9.59 Å². The summed E-state index contributed by atoms with van der Waals surface area (Å²) in [6.45, 7) is 8.26. The lowest BCUT2D eigenvalue weighted by molar-refractivity contribution is 0.0640. The number of piperazine rings is 1. The van der Waals surface area contributed by atoms with Gasteiger partial charge in [0.15, 0.2) is 0 Å². The van der Waals surface area contributed by atoms with Crippen molar-refractivity contribution in [3.8, 4) is 0 Å². The van der Waals surface area contributed by atoms with E-state index in [4.69, 9.17) is 10.4 Å². The molecular formula is C26H28N6O2. The zero-order valence-electron chi connectivity index (χ0n) is 19.5. The van der Waals surface area contributed by atoms with Crippen LogP contribution >= 0.6 is 0 Å². The van der Waals surface area contributed by atoms with Crippen LogP contribution in [0.1, 0.15) is 28.4 Å². The first kappa shape index (κ1) is 22.0. The van der Waals surface area contributed by atoms with Gasteiger partial charge in [-0.1, -0.05) is 42.8 Å². The lowest BCUT2D eigenvalue weighted by Crippen LogP contribution is -2.49. The van der Waals surface area contributed by atoms with Crippen molar-refractivity contribution in [1.82, 2.24) is 23.8 Å². The van der Waals surface area contributed by atoms with Gasteiger partial charge in [0.2, 0.25) is 0 Å². The summed E-state index contributed by atoms with van der Waals surface area (Å²) in [6.07, 6.45) is 1.68. The summed E-state index contributed by atoms with van der Waals surface area (Å²) in [5.41, 5.74) is 3.09. The molecule has 34 heavy (non-hydrogen) atoms. The lowest BCUT2D eigenvalue weighted by atomic mass is 10.1. The highest BCUT2D eigenvalue weighted by atomic mass is 16.2. The average molecular weight is 457 g/mol. The minimum atomic E-state index is -0.247. The van der Waals surface area contributed by atoms with E-state index >= 15 is 0 Å². The molecule has 8 heteroatoms. The van der Waals surface area contributed by atoms with E-state index < -0.39 is 0 Å². The summed E-state index contributed by atoms with van der Waals surface area (Å²) in [6, 6.07) is 15.0. The van der Waals surface area contributed by atoms with Crippen molar-refractivity contribution in [2.75, 3.05) is 32.7 Å². The van der Waals surface area contributed by atoms with Crippen molar-refractivity contribution in [1.29, 1.82) is 5.41 Å². The maximum Gasteiger partial charge on any atom is 0.267 e. The highest BCUT2D eigenvalue weighted by Crippen LogP contribution is 2.15. The third kappa shape index (κ3) is 3.90. The van der Waals surface area contributed by atoms with Gasteiger partial charge in [-0.2, -0.15) is 0 Å². The Hall–Kier alpha value is -3.78. The first-order valence-electron chi connectivity index (χ1n) is 11.6. The molecule has 1 amide bonds. The normalized spacial score (nSPS) is 14.7. The summed E-state index contributed by atoms with van der Waals surface area (Å²) < 4.78 is 3.17. The Labute approximate surface area is 197 Å². The second kappa shape index (κ2) is 8.87. The molecule has 1 fully saturated rings. The fourth-order valence-electron chi connectivity index (χ4n) is 4.52. The molecule has 4 heterocycles. The van der Waals surface area contributed by atoms with Crippen LogP contribution in [0.5, 0.6) is 0 Å². The molecular weight excluding hydrogens is 428 g/mol. The van der Waals surface area contributed by atoms with Crippen molar-refractivity contribution >= 4 is 22.6 Å². The van der Waals surface area contributed by atoms with Crippen molar-refractivity contribution < 1.29 is 4.79 Å². The molecule has 3 aromatic heterocycles. The number of nitrogens with one attached hydrogen (secondary N) is 1. The third-order valence-corrected chi connectivity index (χ3v) is 6.62. The number of nitrogens with zero attached hydrogens (tertiary/aromatic N) is 5. The van der Waals surface area contributed by atoms with Crippen LogP contribution in [0.15, 0.2) is 59.5 Å². The zero-order chi connectivity index (χ0) is 23.8.